The monoisotopic (exact) mass is 317 g/mol. The summed E-state index contributed by atoms with van der Waals surface area (Å²) in [6.45, 7) is 1.59. The van der Waals surface area contributed by atoms with E-state index in [1.807, 2.05) is 0 Å². The molecule has 0 aliphatic heterocycles. The van der Waals surface area contributed by atoms with E-state index in [1.54, 1.807) is 6.92 Å². The van der Waals surface area contributed by atoms with Gasteiger partial charge in [0.25, 0.3) is 10.0 Å². The maximum atomic E-state index is 13.2. The zero-order valence-corrected chi connectivity index (χ0v) is 11.6. The zero-order chi connectivity index (χ0) is 14.9. The highest BCUT2D eigenvalue weighted by Gasteiger charge is 2.20. The summed E-state index contributed by atoms with van der Waals surface area (Å²) >= 11 is 0.843. The Bertz CT molecular complexity index is 773. The number of hydrogen-bond donors (Lipinski definition) is 2. The summed E-state index contributed by atoms with van der Waals surface area (Å²) < 4.78 is 43.2. The quantitative estimate of drug-likeness (QED) is 0.884. The standard InChI is InChI=1S/C10H8FN3O4S2/c1-5-12-10(19-13-5)14-20(17,18)6-2-3-8(11)7(4-6)9(15)16/h2-4H,1H3,(H,15,16)(H,12,13,14). The number of aromatic carboxylic acids is 1. The highest BCUT2D eigenvalue weighted by Crippen LogP contribution is 2.20. The average molecular weight is 317 g/mol. The van der Waals surface area contributed by atoms with Crippen LogP contribution in [-0.2, 0) is 10.0 Å². The normalized spacial score (nSPS) is 11.3. The van der Waals surface area contributed by atoms with Gasteiger partial charge in [-0.3, -0.25) is 4.72 Å². The Morgan fingerprint density at radius 2 is 2.15 bits per heavy atom. The van der Waals surface area contributed by atoms with Crippen molar-refractivity contribution in [1.29, 1.82) is 0 Å². The second-order valence-electron chi connectivity index (χ2n) is 3.70. The van der Waals surface area contributed by atoms with Crippen molar-refractivity contribution in [2.24, 2.45) is 0 Å². The first-order valence-corrected chi connectivity index (χ1v) is 7.41. The Kier molecular flexibility index (Phi) is 3.68. The molecule has 10 heteroatoms. The van der Waals surface area contributed by atoms with Gasteiger partial charge in [-0.15, -0.1) is 0 Å². The van der Waals surface area contributed by atoms with Gasteiger partial charge in [-0.1, -0.05) is 0 Å². The van der Waals surface area contributed by atoms with Crippen LogP contribution in [0.1, 0.15) is 16.2 Å². The lowest BCUT2D eigenvalue weighted by molar-refractivity contribution is 0.0691. The van der Waals surface area contributed by atoms with E-state index in [0.29, 0.717) is 5.82 Å². The molecule has 0 unspecified atom stereocenters. The van der Waals surface area contributed by atoms with Gasteiger partial charge in [0.1, 0.15) is 11.6 Å². The molecule has 106 valence electrons. The second kappa shape index (κ2) is 5.13. The molecule has 0 spiro atoms. The first kappa shape index (κ1) is 14.3. The molecule has 2 N–H and O–H groups in total. The lowest BCUT2D eigenvalue weighted by atomic mass is 10.2. The van der Waals surface area contributed by atoms with E-state index in [2.05, 4.69) is 14.1 Å². The van der Waals surface area contributed by atoms with Crippen molar-refractivity contribution in [1.82, 2.24) is 9.36 Å². The van der Waals surface area contributed by atoms with E-state index in [1.165, 1.54) is 0 Å². The number of carbonyl (C=O) groups is 1. The van der Waals surface area contributed by atoms with Gasteiger partial charge < -0.3 is 5.11 Å². The van der Waals surface area contributed by atoms with Crippen LogP contribution in [0.3, 0.4) is 0 Å². The predicted molar refractivity (Wildman–Crippen MR) is 68.8 cm³/mol. The fourth-order valence-corrected chi connectivity index (χ4v) is 3.17. The minimum atomic E-state index is -4.04. The Hall–Kier alpha value is -2.07. The SMILES string of the molecule is Cc1nsc(NS(=O)(=O)c2ccc(F)c(C(=O)O)c2)n1. The Labute approximate surface area is 117 Å². The van der Waals surface area contributed by atoms with Gasteiger partial charge in [0.2, 0.25) is 5.13 Å². The van der Waals surface area contributed by atoms with Crippen LogP contribution in [0.15, 0.2) is 23.1 Å². The van der Waals surface area contributed by atoms with Crippen molar-refractivity contribution in [2.45, 2.75) is 11.8 Å². The van der Waals surface area contributed by atoms with E-state index >= 15 is 0 Å². The molecule has 0 aliphatic rings. The highest BCUT2D eigenvalue weighted by molar-refractivity contribution is 7.93. The third kappa shape index (κ3) is 2.91. The van der Waals surface area contributed by atoms with Crippen LogP contribution < -0.4 is 4.72 Å². The number of benzene rings is 1. The van der Waals surface area contributed by atoms with Gasteiger partial charge in [-0.25, -0.2) is 22.6 Å². The third-order valence-electron chi connectivity index (χ3n) is 2.23. The number of rotatable bonds is 4. The van der Waals surface area contributed by atoms with Gasteiger partial charge in [0.15, 0.2) is 0 Å². The van der Waals surface area contributed by atoms with E-state index in [-0.39, 0.29) is 10.0 Å². The van der Waals surface area contributed by atoms with Crippen molar-refractivity contribution in [3.05, 3.63) is 35.4 Å². The minimum Gasteiger partial charge on any atom is -0.478 e. The number of aromatic nitrogens is 2. The molecule has 0 fully saturated rings. The molecule has 1 aromatic heterocycles. The molecule has 20 heavy (non-hydrogen) atoms. The fraction of sp³-hybridized carbons (Fsp3) is 0.100. The smallest absolute Gasteiger partial charge is 0.338 e. The van der Waals surface area contributed by atoms with Crippen LogP contribution in [0.2, 0.25) is 0 Å². The summed E-state index contributed by atoms with van der Waals surface area (Å²) in [6, 6.07) is 2.50. The van der Waals surface area contributed by atoms with Crippen molar-refractivity contribution < 1.29 is 22.7 Å². The minimum absolute atomic E-state index is 0.0451. The molecule has 7 nitrogen and oxygen atoms in total. The summed E-state index contributed by atoms with van der Waals surface area (Å²) in [5.41, 5.74) is -0.721. The number of carboxylic acid groups (broad SMARTS) is 1. The molecule has 0 aliphatic carbocycles. The molecule has 0 bridgehead atoms. The molecule has 1 heterocycles. The maximum absolute atomic E-state index is 13.2. The van der Waals surface area contributed by atoms with Crippen LogP contribution in [0, 0.1) is 12.7 Å². The molecule has 2 aromatic rings. The van der Waals surface area contributed by atoms with Gasteiger partial charge in [-0.05, 0) is 25.1 Å². The zero-order valence-electron chi connectivity index (χ0n) is 9.99. The molecule has 0 saturated carbocycles. The van der Waals surface area contributed by atoms with Crippen molar-refractivity contribution in [2.75, 3.05) is 4.72 Å². The van der Waals surface area contributed by atoms with Crippen LogP contribution in [0.25, 0.3) is 0 Å². The molecule has 2 rings (SSSR count). The van der Waals surface area contributed by atoms with Gasteiger partial charge >= 0.3 is 5.97 Å². The van der Waals surface area contributed by atoms with Crippen LogP contribution >= 0.6 is 11.5 Å². The van der Waals surface area contributed by atoms with Gasteiger partial charge in [0, 0.05) is 11.5 Å². The summed E-state index contributed by atoms with van der Waals surface area (Å²) in [4.78, 5) is 14.2. The highest BCUT2D eigenvalue weighted by atomic mass is 32.2. The first-order chi connectivity index (χ1) is 9.29. The van der Waals surface area contributed by atoms with Crippen molar-refractivity contribution in [3.8, 4) is 0 Å². The van der Waals surface area contributed by atoms with E-state index in [9.17, 15) is 17.6 Å². The fourth-order valence-electron chi connectivity index (χ4n) is 1.35. The number of sulfonamides is 1. The van der Waals surface area contributed by atoms with Crippen LogP contribution in [-0.4, -0.2) is 28.9 Å². The van der Waals surface area contributed by atoms with Crippen molar-refractivity contribution >= 4 is 32.7 Å². The lowest BCUT2D eigenvalue weighted by Gasteiger charge is -2.06. The summed E-state index contributed by atoms with van der Waals surface area (Å²) in [7, 11) is -4.04. The number of anilines is 1. The molecular formula is C10H8FN3O4S2. The maximum Gasteiger partial charge on any atom is 0.338 e. The lowest BCUT2D eigenvalue weighted by Crippen LogP contribution is -2.14. The predicted octanol–water partition coefficient (Wildman–Crippen LogP) is 1.48. The number of carboxylic acids is 1. The van der Waals surface area contributed by atoms with E-state index in [4.69, 9.17) is 5.11 Å². The topological polar surface area (TPSA) is 109 Å². The molecular weight excluding hydrogens is 309 g/mol. The average Bonchev–Trinajstić information content (AvgIpc) is 2.73. The number of nitrogens with zero attached hydrogens (tertiary/aromatic N) is 2. The third-order valence-corrected chi connectivity index (χ3v) is 4.42. The van der Waals surface area contributed by atoms with Gasteiger partial charge in [0.05, 0.1) is 10.5 Å². The largest absolute Gasteiger partial charge is 0.478 e. The molecule has 0 saturated heterocycles. The first-order valence-electron chi connectivity index (χ1n) is 5.15. The summed E-state index contributed by atoms with van der Waals surface area (Å²) in [5, 5.41) is 8.82. The van der Waals surface area contributed by atoms with E-state index in [0.717, 1.165) is 29.7 Å². The van der Waals surface area contributed by atoms with Gasteiger partial charge in [-0.2, -0.15) is 4.37 Å². The summed E-state index contributed by atoms with van der Waals surface area (Å²) in [6.07, 6.45) is 0. The Morgan fingerprint density at radius 1 is 1.45 bits per heavy atom. The second-order valence-corrected chi connectivity index (χ2v) is 6.13. The van der Waals surface area contributed by atoms with Crippen LogP contribution in [0.5, 0.6) is 0 Å². The molecule has 0 atom stereocenters. The number of aryl methyl sites for hydroxylation is 1. The number of halogens is 1. The van der Waals surface area contributed by atoms with Crippen molar-refractivity contribution in [3.63, 3.8) is 0 Å². The summed E-state index contributed by atoms with van der Waals surface area (Å²) in [5.74, 6) is -2.16. The Balaban J connectivity index is 2.39. The number of nitrogens with one attached hydrogen (secondary N) is 1. The Morgan fingerprint density at radius 3 is 2.70 bits per heavy atom. The number of hydrogen-bond acceptors (Lipinski definition) is 6. The van der Waals surface area contributed by atoms with E-state index < -0.39 is 27.4 Å². The van der Waals surface area contributed by atoms with Crippen LogP contribution in [0.4, 0.5) is 9.52 Å². The molecule has 0 radical (unpaired) electrons. The molecule has 0 amide bonds. The molecule has 1 aromatic carbocycles.